The van der Waals surface area contributed by atoms with Crippen molar-refractivity contribution in [3.8, 4) is 0 Å². The maximum atomic E-state index is 12.6. The van der Waals surface area contributed by atoms with E-state index in [4.69, 9.17) is 4.42 Å². The number of nitrogens with zero attached hydrogens (tertiary/aromatic N) is 1. The quantitative estimate of drug-likeness (QED) is 0.823. The standard InChI is InChI=1S/C15H21N3O3/c1-15(12-5-3-9-21-12)13(19)18(14(20)17-15)8-6-11-4-2-7-16-10-11/h3,5,9,11,16H,2,4,6-8,10H2,1H3,(H,17,20). The average molecular weight is 291 g/mol. The number of imide groups is 1. The molecule has 3 rings (SSSR count). The molecule has 21 heavy (non-hydrogen) atoms. The predicted molar refractivity (Wildman–Crippen MR) is 76.5 cm³/mol. The van der Waals surface area contributed by atoms with Crippen LogP contribution in [0, 0.1) is 5.92 Å². The zero-order chi connectivity index (χ0) is 14.9. The lowest BCUT2D eigenvalue weighted by molar-refractivity contribution is -0.131. The normalized spacial score (nSPS) is 29.8. The Morgan fingerprint density at radius 2 is 2.33 bits per heavy atom. The first-order valence-corrected chi connectivity index (χ1v) is 7.50. The summed E-state index contributed by atoms with van der Waals surface area (Å²) in [6, 6.07) is 3.10. The molecule has 0 aromatic carbocycles. The van der Waals surface area contributed by atoms with Crippen molar-refractivity contribution in [3.05, 3.63) is 24.2 Å². The molecule has 2 saturated heterocycles. The van der Waals surface area contributed by atoms with E-state index in [0.717, 1.165) is 32.4 Å². The summed E-state index contributed by atoms with van der Waals surface area (Å²) >= 11 is 0. The first kappa shape index (κ1) is 14.1. The van der Waals surface area contributed by atoms with Gasteiger partial charge in [-0.25, -0.2) is 4.79 Å². The van der Waals surface area contributed by atoms with Crippen molar-refractivity contribution in [3.63, 3.8) is 0 Å². The van der Waals surface area contributed by atoms with Crippen LogP contribution in [-0.2, 0) is 10.3 Å². The third kappa shape index (κ3) is 2.55. The molecule has 6 heteroatoms. The maximum absolute atomic E-state index is 12.6. The minimum absolute atomic E-state index is 0.230. The molecular weight excluding hydrogens is 270 g/mol. The first-order valence-electron chi connectivity index (χ1n) is 7.50. The van der Waals surface area contributed by atoms with Gasteiger partial charge >= 0.3 is 6.03 Å². The molecule has 0 saturated carbocycles. The average Bonchev–Trinajstić information content (AvgIpc) is 3.09. The summed E-state index contributed by atoms with van der Waals surface area (Å²) in [7, 11) is 0. The topological polar surface area (TPSA) is 74.6 Å². The van der Waals surface area contributed by atoms with E-state index in [1.165, 1.54) is 11.2 Å². The van der Waals surface area contributed by atoms with Crippen LogP contribution in [0.4, 0.5) is 4.79 Å². The van der Waals surface area contributed by atoms with Gasteiger partial charge in [-0.05, 0) is 57.3 Å². The Morgan fingerprint density at radius 3 is 3.00 bits per heavy atom. The Kier molecular flexibility index (Phi) is 3.71. The van der Waals surface area contributed by atoms with Crippen LogP contribution in [-0.4, -0.2) is 36.5 Å². The zero-order valence-corrected chi connectivity index (χ0v) is 12.2. The fraction of sp³-hybridized carbons (Fsp3) is 0.600. The van der Waals surface area contributed by atoms with Gasteiger partial charge in [-0.2, -0.15) is 0 Å². The van der Waals surface area contributed by atoms with E-state index in [2.05, 4.69) is 10.6 Å². The second-order valence-electron chi connectivity index (χ2n) is 5.99. The van der Waals surface area contributed by atoms with Crippen molar-refractivity contribution in [2.75, 3.05) is 19.6 Å². The lowest BCUT2D eigenvalue weighted by Gasteiger charge is -2.24. The molecule has 2 unspecified atom stereocenters. The predicted octanol–water partition coefficient (Wildman–Crippen LogP) is 1.44. The lowest BCUT2D eigenvalue weighted by Crippen LogP contribution is -2.41. The first-order chi connectivity index (χ1) is 10.1. The van der Waals surface area contributed by atoms with Gasteiger partial charge in [0.15, 0.2) is 5.54 Å². The van der Waals surface area contributed by atoms with Crippen LogP contribution in [0.15, 0.2) is 22.8 Å². The molecule has 114 valence electrons. The van der Waals surface area contributed by atoms with Crippen LogP contribution in [0.2, 0.25) is 0 Å². The van der Waals surface area contributed by atoms with Gasteiger partial charge in [0.1, 0.15) is 5.76 Å². The van der Waals surface area contributed by atoms with Crippen LogP contribution in [0.1, 0.15) is 31.9 Å². The molecule has 2 fully saturated rings. The van der Waals surface area contributed by atoms with Crippen molar-refractivity contribution in [2.45, 2.75) is 31.7 Å². The van der Waals surface area contributed by atoms with Gasteiger partial charge in [0.05, 0.1) is 6.26 Å². The van der Waals surface area contributed by atoms with Gasteiger partial charge in [0, 0.05) is 6.54 Å². The van der Waals surface area contributed by atoms with Crippen molar-refractivity contribution in [1.29, 1.82) is 0 Å². The van der Waals surface area contributed by atoms with Crippen LogP contribution in [0.3, 0.4) is 0 Å². The maximum Gasteiger partial charge on any atom is 0.325 e. The minimum Gasteiger partial charge on any atom is -0.466 e. The van der Waals surface area contributed by atoms with E-state index in [0.29, 0.717) is 18.2 Å². The molecule has 0 aliphatic carbocycles. The molecule has 2 N–H and O–H groups in total. The monoisotopic (exact) mass is 291 g/mol. The van der Waals surface area contributed by atoms with Gasteiger partial charge in [0.25, 0.3) is 5.91 Å². The number of urea groups is 1. The second kappa shape index (κ2) is 5.52. The van der Waals surface area contributed by atoms with Gasteiger partial charge in [-0.15, -0.1) is 0 Å². The lowest BCUT2D eigenvalue weighted by atomic mass is 9.95. The van der Waals surface area contributed by atoms with Crippen molar-refractivity contribution in [2.24, 2.45) is 5.92 Å². The number of piperidine rings is 1. The molecule has 1 aromatic rings. The number of rotatable bonds is 4. The summed E-state index contributed by atoms with van der Waals surface area (Å²) < 4.78 is 5.31. The summed E-state index contributed by atoms with van der Waals surface area (Å²) in [5.41, 5.74) is -1.08. The molecule has 0 bridgehead atoms. The Hall–Kier alpha value is -1.82. The molecule has 3 heterocycles. The van der Waals surface area contributed by atoms with E-state index in [1.54, 1.807) is 19.1 Å². The van der Waals surface area contributed by atoms with Crippen molar-refractivity contribution < 1.29 is 14.0 Å². The SMILES string of the molecule is CC1(c2ccco2)NC(=O)N(CCC2CCCNC2)C1=O. The summed E-state index contributed by atoms with van der Waals surface area (Å²) in [6.07, 6.45) is 4.68. The molecule has 2 atom stereocenters. The van der Waals surface area contributed by atoms with E-state index >= 15 is 0 Å². The van der Waals surface area contributed by atoms with Crippen LogP contribution < -0.4 is 10.6 Å². The fourth-order valence-electron chi connectivity index (χ4n) is 3.11. The third-order valence-electron chi connectivity index (χ3n) is 4.45. The molecule has 0 spiro atoms. The molecule has 3 amide bonds. The van der Waals surface area contributed by atoms with Crippen LogP contribution in [0.25, 0.3) is 0 Å². The Balaban J connectivity index is 1.66. The molecule has 1 aromatic heterocycles. The Bertz CT molecular complexity index is 522. The number of carbonyl (C=O) groups is 2. The highest BCUT2D eigenvalue weighted by atomic mass is 16.3. The van der Waals surface area contributed by atoms with Crippen molar-refractivity contribution >= 4 is 11.9 Å². The minimum atomic E-state index is -1.08. The fourth-order valence-corrected chi connectivity index (χ4v) is 3.11. The summed E-state index contributed by atoms with van der Waals surface area (Å²) in [4.78, 5) is 26.0. The van der Waals surface area contributed by atoms with Gasteiger partial charge in [-0.1, -0.05) is 0 Å². The number of nitrogens with one attached hydrogen (secondary N) is 2. The zero-order valence-electron chi connectivity index (χ0n) is 12.2. The third-order valence-corrected chi connectivity index (χ3v) is 4.45. The van der Waals surface area contributed by atoms with Gasteiger partial charge in [0.2, 0.25) is 0 Å². The molecule has 6 nitrogen and oxygen atoms in total. The highest BCUT2D eigenvalue weighted by Gasteiger charge is 2.50. The van der Waals surface area contributed by atoms with Crippen molar-refractivity contribution in [1.82, 2.24) is 15.5 Å². The van der Waals surface area contributed by atoms with Gasteiger partial charge < -0.3 is 15.1 Å². The Morgan fingerprint density at radius 1 is 1.48 bits per heavy atom. The molecular formula is C15H21N3O3. The van der Waals surface area contributed by atoms with Crippen LogP contribution >= 0.6 is 0 Å². The summed E-state index contributed by atoms with van der Waals surface area (Å²) in [5.74, 6) is 0.781. The van der Waals surface area contributed by atoms with E-state index < -0.39 is 5.54 Å². The summed E-state index contributed by atoms with van der Waals surface area (Å²) in [6.45, 7) is 4.19. The molecule has 0 radical (unpaired) electrons. The second-order valence-corrected chi connectivity index (χ2v) is 5.99. The smallest absolute Gasteiger partial charge is 0.325 e. The summed E-state index contributed by atoms with van der Waals surface area (Å²) in [5, 5.41) is 6.10. The number of furan rings is 1. The van der Waals surface area contributed by atoms with E-state index in [1.807, 2.05) is 0 Å². The van der Waals surface area contributed by atoms with E-state index in [9.17, 15) is 9.59 Å². The molecule has 2 aliphatic rings. The number of amides is 3. The number of hydrogen-bond donors (Lipinski definition) is 2. The highest BCUT2D eigenvalue weighted by molar-refractivity contribution is 6.06. The van der Waals surface area contributed by atoms with Crippen LogP contribution in [0.5, 0.6) is 0 Å². The van der Waals surface area contributed by atoms with E-state index in [-0.39, 0.29) is 11.9 Å². The highest BCUT2D eigenvalue weighted by Crippen LogP contribution is 2.29. The molecule has 2 aliphatic heterocycles. The largest absolute Gasteiger partial charge is 0.466 e. The Labute approximate surface area is 123 Å². The van der Waals surface area contributed by atoms with Gasteiger partial charge in [-0.3, -0.25) is 9.69 Å². The number of carbonyl (C=O) groups excluding carboxylic acids is 2. The number of hydrogen-bond acceptors (Lipinski definition) is 4.